The van der Waals surface area contributed by atoms with Gasteiger partial charge < -0.3 is 9.47 Å². The molecule has 0 atom stereocenters. The first-order valence-electron chi connectivity index (χ1n) is 7.88. The number of amides is 2. The van der Waals surface area contributed by atoms with E-state index in [0.717, 1.165) is 16.9 Å². The first kappa shape index (κ1) is 17.5. The van der Waals surface area contributed by atoms with Crippen molar-refractivity contribution in [2.75, 3.05) is 12.1 Å². The van der Waals surface area contributed by atoms with Crippen LogP contribution in [-0.2, 0) is 11.2 Å². The Morgan fingerprint density at radius 1 is 1.29 bits per heavy atom. The van der Waals surface area contributed by atoms with E-state index >= 15 is 0 Å². The average molecular weight is 400 g/mol. The van der Waals surface area contributed by atoms with Crippen molar-refractivity contribution in [1.29, 1.82) is 0 Å². The van der Waals surface area contributed by atoms with Crippen molar-refractivity contribution in [3.8, 4) is 11.5 Å². The highest BCUT2D eigenvalue weighted by molar-refractivity contribution is 7.15. The Kier molecular flexibility index (Phi) is 4.88. The van der Waals surface area contributed by atoms with E-state index in [1.807, 2.05) is 0 Å². The summed E-state index contributed by atoms with van der Waals surface area (Å²) < 4.78 is 10.5. The molecule has 0 bridgehead atoms. The van der Waals surface area contributed by atoms with Crippen molar-refractivity contribution in [1.82, 2.24) is 30.8 Å². The van der Waals surface area contributed by atoms with Crippen molar-refractivity contribution in [3.05, 3.63) is 40.9 Å². The number of nitrogens with zero attached hydrogens (tertiary/aromatic N) is 5. The Hall–Kier alpha value is -3.87. The molecule has 0 saturated carbocycles. The molecule has 0 unspecified atom stereocenters. The first-order valence-corrected chi connectivity index (χ1v) is 8.70. The number of aromatic nitrogens is 5. The molecule has 2 amide bonds. The monoisotopic (exact) mass is 400 g/mol. The standard InChI is InChI=1S/C15H12N8O4S/c24-11(20-17-5-8-1-2-9-10(3-8)27-7-26-9)4-12-21-23-15(28-12)19-14(25)13-16-6-18-22-13/h1-3,5-6H,4,7H2,(H,20,24)(H,16,18,22)(H,19,23,25)/b17-5-. The van der Waals surface area contributed by atoms with E-state index in [9.17, 15) is 9.59 Å². The summed E-state index contributed by atoms with van der Waals surface area (Å²) in [5, 5.41) is 20.8. The van der Waals surface area contributed by atoms with Crippen molar-refractivity contribution >= 4 is 34.5 Å². The predicted molar refractivity (Wildman–Crippen MR) is 96.3 cm³/mol. The van der Waals surface area contributed by atoms with Gasteiger partial charge in [0.2, 0.25) is 23.7 Å². The van der Waals surface area contributed by atoms with Crippen molar-refractivity contribution in [2.45, 2.75) is 6.42 Å². The fourth-order valence-corrected chi connectivity index (χ4v) is 2.93. The topological polar surface area (TPSA) is 156 Å². The lowest BCUT2D eigenvalue weighted by molar-refractivity contribution is -0.120. The van der Waals surface area contributed by atoms with E-state index in [4.69, 9.17) is 9.47 Å². The molecular weight excluding hydrogens is 388 g/mol. The SMILES string of the molecule is O=C(Cc1nnc(NC(=O)c2ncn[nH]2)s1)N/N=C\c1ccc2c(c1)OCO2. The number of carbonyl (C=O) groups is 2. The summed E-state index contributed by atoms with van der Waals surface area (Å²) in [7, 11) is 0. The molecule has 0 spiro atoms. The smallest absolute Gasteiger partial charge is 0.294 e. The van der Waals surface area contributed by atoms with Crippen LogP contribution in [-0.4, -0.2) is 50.2 Å². The second-order valence-corrected chi connectivity index (χ2v) is 6.43. The third-order valence-corrected chi connectivity index (χ3v) is 4.27. The Bertz CT molecular complexity index is 1030. The summed E-state index contributed by atoms with van der Waals surface area (Å²) in [5.74, 6) is 0.472. The third kappa shape index (κ3) is 4.09. The molecule has 3 aromatic rings. The number of carbonyl (C=O) groups excluding carboxylic acids is 2. The van der Waals surface area contributed by atoms with Crippen LogP contribution in [0.5, 0.6) is 11.5 Å². The molecule has 3 heterocycles. The van der Waals surface area contributed by atoms with E-state index in [2.05, 4.69) is 41.2 Å². The number of hydrogen-bond acceptors (Lipinski definition) is 10. The van der Waals surface area contributed by atoms with Gasteiger partial charge in [-0.1, -0.05) is 11.3 Å². The first-order chi connectivity index (χ1) is 13.7. The molecule has 0 fully saturated rings. The maximum Gasteiger partial charge on any atom is 0.294 e. The highest BCUT2D eigenvalue weighted by Gasteiger charge is 2.14. The minimum Gasteiger partial charge on any atom is -0.454 e. The van der Waals surface area contributed by atoms with Crippen LogP contribution in [0.25, 0.3) is 0 Å². The summed E-state index contributed by atoms with van der Waals surface area (Å²) in [4.78, 5) is 27.5. The van der Waals surface area contributed by atoms with Gasteiger partial charge in [0.25, 0.3) is 5.91 Å². The summed E-state index contributed by atoms with van der Waals surface area (Å²) in [6, 6.07) is 5.31. The van der Waals surface area contributed by atoms with Gasteiger partial charge >= 0.3 is 0 Å². The molecule has 0 radical (unpaired) electrons. The lowest BCUT2D eigenvalue weighted by Crippen LogP contribution is -2.19. The maximum absolute atomic E-state index is 12.0. The number of hydrogen-bond donors (Lipinski definition) is 3. The van der Waals surface area contributed by atoms with Crippen molar-refractivity contribution in [2.24, 2.45) is 5.10 Å². The van der Waals surface area contributed by atoms with Crippen LogP contribution in [0.3, 0.4) is 0 Å². The summed E-state index contributed by atoms with van der Waals surface area (Å²) in [6.07, 6.45) is 2.67. The molecular formula is C15H12N8O4S. The zero-order valence-corrected chi connectivity index (χ0v) is 14.9. The zero-order valence-electron chi connectivity index (χ0n) is 14.1. The quantitative estimate of drug-likeness (QED) is 0.395. The van der Waals surface area contributed by atoms with Gasteiger partial charge in [0, 0.05) is 0 Å². The molecule has 13 heteroatoms. The van der Waals surface area contributed by atoms with Gasteiger partial charge in [-0.15, -0.1) is 10.2 Å². The summed E-state index contributed by atoms with van der Waals surface area (Å²) in [5.41, 5.74) is 3.15. The molecule has 1 aromatic carbocycles. The molecule has 12 nitrogen and oxygen atoms in total. The summed E-state index contributed by atoms with van der Waals surface area (Å²) >= 11 is 1.07. The lowest BCUT2D eigenvalue weighted by Gasteiger charge is -1.98. The second-order valence-electron chi connectivity index (χ2n) is 5.37. The number of nitrogens with one attached hydrogen (secondary N) is 3. The molecule has 1 aliphatic heterocycles. The molecule has 1 aliphatic rings. The van der Waals surface area contributed by atoms with Crippen LogP contribution < -0.4 is 20.2 Å². The number of ether oxygens (including phenoxy) is 2. The molecule has 0 aliphatic carbocycles. The Labute approximate surface area is 161 Å². The van der Waals surface area contributed by atoms with E-state index in [0.29, 0.717) is 16.5 Å². The van der Waals surface area contributed by atoms with Crippen LogP contribution >= 0.6 is 11.3 Å². The number of H-pyrrole nitrogens is 1. The molecule has 0 saturated heterocycles. The van der Waals surface area contributed by atoms with Crippen LogP contribution in [0.4, 0.5) is 5.13 Å². The maximum atomic E-state index is 12.0. The highest BCUT2D eigenvalue weighted by atomic mass is 32.1. The molecule has 3 N–H and O–H groups in total. The molecule has 4 rings (SSSR count). The Balaban J connectivity index is 1.28. The normalized spacial score (nSPS) is 12.3. The van der Waals surface area contributed by atoms with E-state index in [-0.39, 0.29) is 30.1 Å². The molecule has 142 valence electrons. The van der Waals surface area contributed by atoms with Gasteiger partial charge in [-0.25, -0.2) is 10.4 Å². The van der Waals surface area contributed by atoms with Gasteiger partial charge in [-0.05, 0) is 23.8 Å². The average Bonchev–Trinajstić information content (AvgIpc) is 3.43. The fourth-order valence-electron chi connectivity index (χ4n) is 2.20. The number of hydrazone groups is 1. The van der Waals surface area contributed by atoms with Gasteiger partial charge in [0.1, 0.15) is 11.3 Å². The van der Waals surface area contributed by atoms with E-state index in [1.165, 1.54) is 12.5 Å². The minimum absolute atomic E-state index is 0.0334. The lowest BCUT2D eigenvalue weighted by atomic mass is 10.2. The van der Waals surface area contributed by atoms with Gasteiger partial charge in [-0.2, -0.15) is 10.2 Å². The van der Waals surface area contributed by atoms with Gasteiger partial charge in [0.05, 0.1) is 12.6 Å². The van der Waals surface area contributed by atoms with Crippen LogP contribution in [0.2, 0.25) is 0 Å². The zero-order chi connectivity index (χ0) is 19.3. The van der Waals surface area contributed by atoms with Crippen molar-refractivity contribution in [3.63, 3.8) is 0 Å². The van der Waals surface area contributed by atoms with Gasteiger partial charge in [-0.3, -0.25) is 20.0 Å². The van der Waals surface area contributed by atoms with Crippen molar-refractivity contribution < 1.29 is 19.1 Å². The third-order valence-electron chi connectivity index (χ3n) is 3.43. The van der Waals surface area contributed by atoms with Crippen LogP contribution in [0.15, 0.2) is 29.6 Å². The second kappa shape index (κ2) is 7.79. The molecule has 2 aromatic heterocycles. The number of rotatable bonds is 6. The number of benzene rings is 1. The number of aromatic amines is 1. The van der Waals surface area contributed by atoms with Crippen LogP contribution in [0.1, 0.15) is 21.2 Å². The predicted octanol–water partition coefficient (Wildman–Crippen LogP) is 0.330. The minimum atomic E-state index is -0.502. The molecule has 28 heavy (non-hydrogen) atoms. The highest BCUT2D eigenvalue weighted by Crippen LogP contribution is 2.31. The number of fused-ring (bicyclic) bond motifs is 1. The van der Waals surface area contributed by atoms with Gasteiger partial charge in [0.15, 0.2) is 11.5 Å². The van der Waals surface area contributed by atoms with E-state index < -0.39 is 5.91 Å². The summed E-state index contributed by atoms with van der Waals surface area (Å²) in [6.45, 7) is 0.190. The largest absolute Gasteiger partial charge is 0.454 e. The Morgan fingerprint density at radius 2 is 2.18 bits per heavy atom. The Morgan fingerprint density at radius 3 is 3.04 bits per heavy atom. The fraction of sp³-hybridized carbons (Fsp3) is 0.133. The number of anilines is 1. The van der Waals surface area contributed by atoms with Crippen LogP contribution in [0, 0.1) is 0 Å². The van der Waals surface area contributed by atoms with E-state index in [1.54, 1.807) is 18.2 Å².